The van der Waals surface area contributed by atoms with Crippen LogP contribution in [-0.4, -0.2) is 68.2 Å². The van der Waals surface area contributed by atoms with Gasteiger partial charge in [0.1, 0.15) is 9.97 Å². The summed E-state index contributed by atoms with van der Waals surface area (Å²) in [6, 6.07) is 7.03. The van der Waals surface area contributed by atoms with E-state index in [2.05, 4.69) is 4.90 Å². The maximum absolute atomic E-state index is 12.4. The van der Waals surface area contributed by atoms with Gasteiger partial charge in [-0.25, -0.2) is 8.42 Å². The first-order valence-corrected chi connectivity index (χ1v) is 10.3. The highest BCUT2D eigenvalue weighted by molar-refractivity contribution is 7.91. The molecule has 1 aliphatic heterocycles. The van der Waals surface area contributed by atoms with Crippen molar-refractivity contribution < 1.29 is 17.6 Å². The largest absolute Gasteiger partial charge is 0.468 e. The van der Waals surface area contributed by atoms with Gasteiger partial charge in [-0.1, -0.05) is 6.07 Å². The van der Waals surface area contributed by atoms with Crippen LogP contribution in [0.5, 0.6) is 0 Å². The maximum atomic E-state index is 12.4. The molecular formula is C16H21N3O4S2. The average Bonchev–Trinajstić information content (AvgIpc) is 3.29. The minimum absolute atomic E-state index is 0.140. The molecule has 3 rings (SSSR count). The molecule has 0 radical (unpaired) electrons. The number of thiophene rings is 1. The average molecular weight is 383 g/mol. The highest BCUT2D eigenvalue weighted by Gasteiger charge is 2.27. The number of nitrogens with zero attached hydrogens (tertiary/aromatic N) is 3. The van der Waals surface area contributed by atoms with Crippen molar-refractivity contribution >= 4 is 27.3 Å². The first-order valence-electron chi connectivity index (χ1n) is 7.99. The third kappa shape index (κ3) is 4.30. The smallest absolute Gasteiger partial charge is 0.252 e. The summed E-state index contributed by atoms with van der Waals surface area (Å²) in [5.74, 6) is 0.738. The maximum Gasteiger partial charge on any atom is 0.252 e. The predicted octanol–water partition coefficient (Wildman–Crippen LogP) is 1.31. The van der Waals surface area contributed by atoms with Crippen LogP contribution < -0.4 is 0 Å². The highest BCUT2D eigenvalue weighted by Crippen LogP contribution is 2.20. The molecule has 2 aromatic heterocycles. The lowest BCUT2D eigenvalue weighted by molar-refractivity contribution is -0.133. The summed E-state index contributed by atoms with van der Waals surface area (Å²) in [6.07, 6.45) is 1.65. The fourth-order valence-corrected chi connectivity index (χ4v) is 5.04. The van der Waals surface area contributed by atoms with Gasteiger partial charge in [0.15, 0.2) is 0 Å². The van der Waals surface area contributed by atoms with E-state index in [9.17, 15) is 13.2 Å². The van der Waals surface area contributed by atoms with Crippen molar-refractivity contribution in [3.8, 4) is 0 Å². The molecule has 0 aromatic carbocycles. The molecule has 0 atom stereocenters. The second-order valence-electron chi connectivity index (χ2n) is 5.93. The lowest BCUT2D eigenvalue weighted by Crippen LogP contribution is -2.51. The van der Waals surface area contributed by atoms with E-state index in [1.54, 1.807) is 28.7 Å². The molecule has 25 heavy (non-hydrogen) atoms. The number of hydrogen-bond donors (Lipinski definition) is 0. The Hall–Kier alpha value is -1.68. The Bertz CT molecular complexity index is 779. The summed E-state index contributed by atoms with van der Waals surface area (Å²) in [7, 11) is -2.15. The van der Waals surface area contributed by atoms with E-state index in [4.69, 9.17) is 4.42 Å². The van der Waals surface area contributed by atoms with E-state index in [1.165, 1.54) is 7.05 Å². The highest BCUT2D eigenvalue weighted by atomic mass is 32.2. The lowest BCUT2D eigenvalue weighted by Gasteiger charge is -2.34. The van der Waals surface area contributed by atoms with Crippen molar-refractivity contribution in [3.63, 3.8) is 0 Å². The molecule has 1 fully saturated rings. The van der Waals surface area contributed by atoms with Crippen LogP contribution in [0.1, 0.15) is 5.76 Å². The van der Waals surface area contributed by atoms with Crippen LogP contribution in [-0.2, 0) is 21.4 Å². The van der Waals surface area contributed by atoms with Crippen LogP contribution in [0.25, 0.3) is 0 Å². The summed E-state index contributed by atoms with van der Waals surface area (Å²) in [5.41, 5.74) is 0. The third-order valence-electron chi connectivity index (χ3n) is 4.20. The minimum atomic E-state index is -3.59. The summed E-state index contributed by atoms with van der Waals surface area (Å²) < 4.78 is 31.5. The monoisotopic (exact) mass is 383 g/mol. The molecule has 0 bridgehead atoms. The van der Waals surface area contributed by atoms with Gasteiger partial charge in [-0.05, 0) is 23.6 Å². The van der Waals surface area contributed by atoms with Crippen molar-refractivity contribution in [2.24, 2.45) is 0 Å². The van der Waals surface area contributed by atoms with E-state index in [-0.39, 0.29) is 16.7 Å². The van der Waals surface area contributed by atoms with Gasteiger partial charge in [0.05, 0.1) is 19.4 Å². The van der Waals surface area contributed by atoms with E-state index in [1.807, 2.05) is 12.1 Å². The molecule has 2 aromatic rings. The summed E-state index contributed by atoms with van der Waals surface area (Å²) in [5, 5.41) is 1.71. The molecule has 0 N–H and O–H groups in total. The summed E-state index contributed by atoms with van der Waals surface area (Å²) in [6.45, 7) is 3.25. The topological polar surface area (TPSA) is 74.1 Å². The first-order chi connectivity index (χ1) is 12.0. The number of furan rings is 1. The molecule has 7 nitrogen and oxygen atoms in total. The lowest BCUT2D eigenvalue weighted by atomic mass is 10.3. The number of carbonyl (C=O) groups is 1. The van der Waals surface area contributed by atoms with Gasteiger partial charge in [0, 0.05) is 33.2 Å². The Labute approximate surface area is 151 Å². The quantitative estimate of drug-likeness (QED) is 0.752. The molecule has 1 aliphatic rings. The Morgan fingerprint density at radius 1 is 1.24 bits per heavy atom. The van der Waals surface area contributed by atoms with Crippen LogP contribution >= 0.6 is 11.3 Å². The van der Waals surface area contributed by atoms with Crippen molar-refractivity contribution in [3.05, 3.63) is 41.7 Å². The Balaban J connectivity index is 1.51. The fraction of sp³-hybridized carbons (Fsp3) is 0.438. The van der Waals surface area contributed by atoms with Crippen LogP contribution in [0.3, 0.4) is 0 Å². The van der Waals surface area contributed by atoms with Crippen molar-refractivity contribution in [2.75, 3.05) is 39.8 Å². The third-order valence-corrected chi connectivity index (χ3v) is 7.38. The number of likely N-dealkylation sites (N-methyl/N-ethyl adjacent to an activating group) is 1. The van der Waals surface area contributed by atoms with Gasteiger partial charge in [-0.3, -0.25) is 9.69 Å². The Morgan fingerprint density at radius 3 is 2.60 bits per heavy atom. The number of hydrogen-bond acceptors (Lipinski definition) is 6. The first kappa shape index (κ1) is 18.1. The van der Waals surface area contributed by atoms with Gasteiger partial charge < -0.3 is 9.32 Å². The molecule has 136 valence electrons. The van der Waals surface area contributed by atoms with Crippen molar-refractivity contribution in [2.45, 2.75) is 10.8 Å². The number of carbonyl (C=O) groups excluding carboxylic acids is 1. The minimum Gasteiger partial charge on any atom is -0.468 e. The molecule has 1 amide bonds. The molecule has 0 aliphatic carbocycles. The SMILES string of the molecule is CN(CC(=O)N1CCN(Cc2ccco2)CC1)S(=O)(=O)c1cccs1. The van der Waals surface area contributed by atoms with Gasteiger partial charge in [0.2, 0.25) is 5.91 Å². The van der Waals surface area contributed by atoms with Crippen molar-refractivity contribution in [1.82, 2.24) is 14.1 Å². The molecule has 0 saturated carbocycles. The van der Waals surface area contributed by atoms with Crippen molar-refractivity contribution in [1.29, 1.82) is 0 Å². The zero-order valence-corrected chi connectivity index (χ0v) is 15.6. The molecular weight excluding hydrogens is 362 g/mol. The standard InChI is InChI=1S/C16H21N3O4S2/c1-17(25(21,22)16-5-3-11-24-16)13-15(20)19-8-6-18(7-9-19)12-14-4-2-10-23-14/h2-5,10-11H,6-9,12-13H2,1H3. The van der Waals surface area contributed by atoms with E-state index in [0.29, 0.717) is 13.1 Å². The predicted molar refractivity (Wildman–Crippen MR) is 94.7 cm³/mol. The van der Waals surface area contributed by atoms with Gasteiger partial charge >= 0.3 is 0 Å². The van der Waals surface area contributed by atoms with Crippen LogP contribution in [0.15, 0.2) is 44.5 Å². The second-order valence-corrected chi connectivity index (χ2v) is 9.15. The normalized spacial score (nSPS) is 16.5. The summed E-state index contributed by atoms with van der Waals surface area (Å²) >= 11 is 1.15. The second kappa shape index (κ2) is 7.69. The Kier molecular flexibility index (Phi) is 5.57. The zero-order valence-electron chi connectivity index (χ0n) is 14.0. The zero-order chi connectivity index (χ0) is 17.9. The summed E-state index contributed by atoms with van der Waals surface area (Å²) in [4.78, 5) is 16.4. The molecule has 0 unspecified atom stereocenters. The van der Waals surface area contributed by atoms with Crippen LogP contribution in [0.4, 0.5) is 0 Å². The fourth-order valence-electron chi connectivity index (χ4n) is 2.72. The van der Waals surface area contributed by atoms with Gasteiger partial charge in [-0.2, -0.15) is 4.31 Å². The number of sulfonamides is 1. The van der Waals surface area contributed by atoms with E-state index < -0.39 is 10.0 Å². The van der Waals surface area contributed by atoms with Crippen LogP contribution in [0.2, 0.25) is 0 Å². The Morgan fingerprint density at radius 2 is 2.00 bits per heavy atom. The molecule has 3 heterocycles. The molecule has 0 spiro atoms. The number of amides is 1. The van der Waals surface area contributed by atoms with E-state index >= 15 is 0 Å². The molecule has 1 saturated heterocycles. The van der Waals surface area contributed by atoms with Gasteiger partial charge in [0.25, 0.3) is 10.0 Å². The van der Waals surface area contributed by atoms with Crippen LogP contribution in [0, 0.1) is 0 Å². The van der Waals surface area contributed by atoms with Gasteiger partial charge in [-0.15, -0.1) is 11.3 Å². The van der Waals surface area contributed by atoms with E-state index in [0.717, 1.165) is 41.0 Å². The molecule has 9 heteroatoms. The number of piperazine rings is 1. The number of rotatable bonds is 6.